The molecular weight excluding hydrogens is 330 g/mol. The van der Waals surface area contributed by atoms with Crippen molar-refractivity contribution in [3.63, 3.8) is 0 Å². The van der Waals surface area contributed by atoms with E-state index in [1.165, 1.54) is 4.90 Å². The Hall–Kier alpha value is -2.34. The zero-order chi connectivity index (χ0) is 17.9. The van der Waals surface area contributed by atoms with Crippen molar-refractivity contribution >= 4 is 23.4 Å². The number of nitrogens with one attached hydrogen (secondary N) is 1. The third-order valence-corrected chi connectivity index (χ3v) is 4.18. The minimum Gasteiger partial charge on any atom is -0.361 e. The first-order valence-electron chi connectivity index (χ1n) is 7.53. The fourth-order valence-electron chi connectivity index (χ4n) is 2.37. The van der Waals surface area contributed by atoms with Crippen LogP contribution in [0.2, 0.25) is 5.02 Å². The molecule has 128 valence electrons. The van der Waals surface area contributed by atoms with Crippen LogP contribution in [0.3, 0.4) is 0 Å². The number of likely N-dealkylation sites (N-methyl/N-ethyl adjacent to an activating group) is 1. The second-order valence-electron chi connectivity index (χ2n) is 5.68. The van der Waals surface area contributed by atoms with E-state index in [0.29, 0.717) is 16.5 Å². The fourth-order valence-corrected chi connectivity index (χ4v) is 2.67. The number of carbonyl (C=O) groups is 2. The van der Waals surface area contributed by atoms with Gasteiger partial charge in [0.2, 0.25) is 0 Å². The van der Waals surface area contributed by atoms with Crippen LogP contribution in [0.4, 0.5) is 0 Å². The summed E-state index contributed by atoms with van der Waals surface area (Å²) in [7, 11) is 1.56. The third kappa shape index (κ3) is 3.94. The molecule has 0 aliphatic carbocycles. The lowest BCUT2D eigenvalue weighted by atomic mass is 10.1. The van der Waals surface area contributed by atoms with Crippen LogP contribution in [-0.2, 0) is 16.1 Å². The molecule has 7 heteroatoms. The monoisotopic (exact) mass is 349 g/mol. The molecule has 0 saturated carbocycles. The summed E-state index contributed by atoms with van der Waals surface area (Å²) in [6, 6.07) is 6.82. The fraction of sp³-hybridized carbons (Fsp3) is 0.353. The second-order valence-corrected chi connectivity index (χ2v) is 6.09. The lowest BCUT2D eigenvalue weighted by Crippen LogP contribution is -2.41. The molecule has 2 amide bonds. The molecule has 1 aromatic heterocycles. The van der Waals surface area contributed by atoms with Gasteiger partial charge in [-0.1, -0.05) is 35.0 Å². The maximum Gasteiger partial charge on any atom is 0.311 e. The predicted octanol–water partition coefficient (Wildman–Crippen LogP) is 2.78. The molecule has 1 N–H and O–H groups in total. The molecule has 0 radical (unpaired) electrons. The van der Waals surface area contributed by atoms with Gasteiger partial charge in [0.15, 0.2) is 0 Å². The Labute approximate surface area is 145 Å². The van der Waals surface area contributed by atoms with E-state index in [4.69, 9.17) is 16.1 Å². The average molecular weight is 350 g/mol. The average Bonchev–Trinajstić information content (AvgIpc) is 2.86. The minimum absolute atomic E-state index is 0.258. The molecule has 1 aromatic carbocycles. The Morgan fingerprint density at radius 3 is 2.58 bits per heavy atom. The van der Waals surface area contributed by atoms with E-state index in [1.54, 1.807) is 33.9 Å². The number of aryl methyl sites for hydroxylation is 2. The van der Waals surface area contributed by atoms with Gasteiger partial charge in [-0.05, 0) is 32.4 Å². The zero-order valence-corrected chi connectivity index (χ0v) is 14.8. The van der Waals surface area contributed by atoms with Gasteiger partial charge >= 0.3 is 11.8 Å². The largest absolute Gasteiger partial charge is 0.361 e. The van der Waals surface area contributed by atoms with Gasteiger partial charge in [-0.15, -0.1) is 0 Å². The van der Waals surface area contributed by atoms with Gasteiger partial charge in [-0.2, -0.15) is 0 Å². The highest BCUT2D eigenvalue weighted by molar-refractivity contribution is 6.35. The number of benzene rings is 1. The van der Waals surface area contributed by atoms with Gasteiger partial charge in [-0.25, -0.2) is 0 Å². The molecule has 24 heavy (non-hydrogen) atoms. The first-order valence-corrected chi connectivity index (χ1v) is 7.91. The van der Waals surface area contributed by atoms with E-state index in [0.717, 1.165) is 11.1 Å². The maximum absolute atomic E-state index is 12.3. The summed E-state index contributed by atoms with van der Waals surface area (Å²) in [6.45, 7) is 5.60. The van der Waals surface area contributed by atoms with Crippen molar-refractivity contribution in [3.8, 4) is 0 Å². The molecule has 0 bridgehead atoms. The Morgan fingerprint density at radius 2 is 2.00 bits per heavy atom. The molecular formula is C17H20ClN3O3. The standard InChI is InChI=1S/C17H20ClN3O3/c1-10(13-7-5-6-8-15(13)18)19-16(22)17(23)21(4)9-14-11(2)20-24-12(14)3/h5-8,10H,9H2,1-4H3,(H,19,22). The quantitative estimate of drug-likeness (QED) is 0.861. The second kappa shape index (κ2) is 7.49. The zero-order valence-electron chi connectivity index (χ0n) is 14.1. The summed E-state index contributed by atoms with van der Waals surface area (Å²) in [5.41, 5.74) is 2.27. The number of rotatable bonds is 4. The van der Waals surface area contributed by atoms with Gasteiger partial charge < -0.3 is 14.7 Å². The highest BCUT2D eigenvalue weighted by atomic mass is 35.5. The van der Waals surface area contributed by atoms with Crippen LogP contribution in [0.5, 0.6) is 0 Å². The summed E-state index contributed by atoms with van der Waals surface area (Å²) in [5.74, 6) is -0.678. The van der Waals surface area contributed by atoms with Gasteiger partial charge in [0.05, 0.1) is 18.3 Å². The first kappa shape index (κ1) is 18.0. The van der Waals surface area contributed by atoms with Gasteiger partial charge in [0, 0.05) is 17.6 Å². The Bertz CT molecular complexity index is 738. The van der Waals surface area contributed by atoms with E-state index in [1.807, 2.05) is 18.2 Å². The van der Waals surface area contributed by atoms with Crippen molar-refractivity contribution in [2.45, 2.75) is 33.4 Å². The topological polar surface area (TPSA) is 75.4 Å². The normalized spacial score (nSPS) is 11.9. The van der Waals surface area contributed by atoms with Crippen molar-refractivity contribution < 1.29 is 14.1 Å². The number of hydrogen-bond acceptors (Lipinski definition) is 4. The van der Waals surface area contributed by atoms with Crippen LogP contribution in [0, 0.1) is 13.8 Å². The van der Waals surface area contributed by atoms with Crippen molar-refractivity contribution in [1.82, 2.24) is 15.4 Å². The third-order valence-electron chi connectivity index (χ3n) is 3.84. The number of aromatic nitrogens is 1. The van der Waals surface area contributed by atoms with Crippen molar-refractivity contribution in [1.29, 1.82) is 0 Å². The molecule has 1 heterocycles. The molecule has 0 aliphatic heterocycles. The molecule has 2 aromatic rings. The Morgan fingerprint density at radius 1 is 1.33 bits per heavy atom. The Kier molecular flexibility index (Phi) is 5.62. The number of hydrogen-bond donors (Lipinski definition) is 1. The van der Waals surface area contributed by atoms with Crippen LogP contribution in [0.1, 0.15) is 35.5 Å². The van der Waals surface area contributed by atoms with Crippen molar-refractivity contribution in [2.24, 2.45) is 0 Å². The molecule has 0 fully saturated rings. The summed E-state index contributed by atoms with van der Waals surface area (Å²) in [6.07, 6.45) is 0. The van der Waals surface area contributed by atoms with E-state index >= 15 is 0 Å². The molecule has 0 saturated heterocycles. The number of halogens is 1. The summed E-state index contributed by atoms with van der Waals surface area (Å²) >= 11 is 6.11. The van der Waals surface area contributed by atoms with E-state index in [-0.39, 0.29) is 12.6 Å². The number of amides is 2. The number of nitrogens with zero attached hydrogens (tertiary/aromatic N) is 2. The molecule has 0 spiro atoms. The molecule has 0 aliphatic rings. The van der Waals surface area contributed by atoms with Crippen molar-refractivity contribution in [3.05, 3.63) is 51.9 Å². The Balaban J connectivity index is 2.01. The minimum atomic E-state index is -0.684. The van der Waals surface area contributed by atoms with Gasteiger partial charge in [0.1, 0.15) is 5.76 Å². The lowest BCUT2D eigenvalue weighted by Gasteiger charge is -2.19. The summed E-state index contributed by atoms with van der Waals surface area (Å²) in [4.78, 5) is 25.8. The maximum atomic E-state index is 12.3. The first-order chi connectivity index (χ1) is 11.3. The van der Waals surface area contributed by atoms with Crippen LogP contribution < -0.4 is 5.32 Å². The van der Waals surface area contributed by atoms with Crippen molar-refractivity contribution in [2.75, 3.05) is 7.05 Å². The predicted molar refractivity (Wildman–Crippen MR) is 90.5 cm³/mol. The number of carbonyl (C=O) groups excluding carboxylic acids is 2. The molecule has 1 atom stereocenters. The van der Waals surface area contributed by atoms with E-state index in [2.05, 4.69) is 10.5 Å². The molecule has 6 nitrogen and oxygen atoms in total. The highest BCUT2D eigenvalue weighted by Crippen LogP contribution is 2.22. The SMILES string of the molecule is Cc1noc(C)c1CN(C)C(=O)C(=O)NC(C)c1ccccc1Cl. The molecule has 2 rings (SSSR count). The van der Waals surface area contributed by atoms with Gasteiger partial charge in [-0.3, -0.25) is 9.59 Å². The van der Waals surface area contributed by atoms with E-state index < -0.39 is 11.8 Å². The van der Waals surface area contributed by atoms with Crippen LogP contribution in [0.15, 0.2) is 28.8 Å². The smallest absolute Gasteiger partial charge is 0.311 e. The summed E-state index contributed by atoms with van der Waals surface area (Å²) < 4.78 is 5.07. The van der Waals surface area contributed by atoms with Crippen LogP contribution in [-0.4, -0.2) is 28.9 Å². The lowest BCUT2D eigenvalue weighted by molar-refractivity contribution is -0.145. The van der Waals surface area contributed by atoms with Crippen LogP contribution >= 0.6 is 11.6 Å². The van der Waals surface area contributed by atoms with Crippen LogP contribution in [0.25, 0.3) is 0 Å². The molecule has 1 unspecified atom stereocenters. The highest BCUT2D eigenvalue weighted by Gasteiger charge is 2.23. The van der Waals surface area contributed by atoms with E-state index in [9.17, 15) is 9.59 Å². The summed E-state index contributed by atoms with van der Waals surface area (Å²) in [5, 5.41) is 7.06. The van der Waals surface area contributed by atoms with Gasteiger partial charge in [0.25, 0.3) is 0 Å².